The molecule has 17 heavy (non-hydrogen) atoms. The van der Waals surface area contributed by atoms with E-state index < -0.39 is 0 Å². The molecule has 1 aliphatic carbocycles. The predicted molar refractivity (Wildman–Crippen MR) is 66.3 cm³/mol. The largest absolute Gasteiger partial charge is 0.355 e. The van der Waals surface area contributed by atoms with Gasteiger partial charge in [-0.3, -0.25) is 9.59 Å². The number of hydrogen-bond acceptors (Lipinski definition) is 3. The van der Waals surface area contributed by atoms with Crippen molar-refractivity contribution in [1.29, 1.82) is 0 Å². The molecule has 98 valence electrons. The maximum atomic E-state index is 12.1. The van der Waals surface area contributed by atoms with Crippen molar-refractivity contribution in [2.45, 2.75) is 38.6 Å². The number of nitrogens with two attached hydrogens (primary N) is 1. The summed E-state index contributed by atoms with van der Waals surface area (Å²) < 4.78 is 0. The Morgan fingerprint density at radius 3 is 2.59 bits per heavy atom. The van der Waals surface area contributed by atoms with Crippen LogP contribution in [0.1, 0.15) is 32.6 Å². The molecule has 0 radical (unpaired) electrons. The standard InChI is InChI=1S/C12H23N3O2/c1-3-14-11(16)8-15(2)12(17)9-6-4-5-7-10(9)13/h9-10H,3-8,13H2,1-2H3,(H,14,16). The highest BCUT2D eigenvalue weighted by molar-refractivity contribution is 5.86. The molecule has 2 amide bonds. The molecule has 5 heteroatoms. The topological polar surface area (TPSA) is 75.4 Å². The lowest BCUT2D eigenvalue weighted by Gasteiger charge is -2.30. The molecule has 5 nitrogen and oxygen atoms in total. The normalized spacial score (nSPS) is 24.2. The van der Waals surface area contributed by atoms with E-state index in [2.05, 4.69) is 5.32 Å². The third-order valence-corrected chi connectivity index (χ3v) is 3.27. The van der Waals surface area contributed by atoms with Crippen molar-refractivity contribution < 1.29 is 9.59 Å². The molecule has 0 heterocycles. The van der Waals surface area contributed by atoms with Gasteiger partial charge in [-0.05, 0) is 19.8 Å². The lowest BCUT2D eigenvalue weighted by Crippen LogP contribution is -2.47. The molecular formula is C12H23N3O2. The van der Waals surface area contributed by atoms with Gasteiger partial charge in [-0.1, -0.05) is 12.8 Å². The Kier molecular flexibility index (Phi) is 5.41. The van der Waals surface area contributed by atoms with Crippen LogP contribution in [0.3, 0.4) is 0 Å². The number of rotatable bonds is 4. The zero-order valence-electron chi connectivity index (χ0n) is 10.7. The van der Waals surface area contributed by atoms with Crippen LogP contribution in [0.4, 0.5) is 0 Å². The highest BCUT2D eigenvalue weighted by Crippen LogP contribution is 2.24. The second-order valence-corrected chi connectivity index (χ2v) is 4.70. The van der Waals surface area contributed by atoms with E-state index in [0.29, 0.717) is 6.54 Å². The highest BCUT2D eigenvalue weighted by atomic mass is 16.2. The van der Waals surface area contributed by atoms with Crippen LogP contribution in [0.25, 0.3) is 0 Å². The van der Waals surface area contributed by atoms with Gasteiger partial charge in [0.1, 0.15) is 0 Å². The van der Waals surface area contributed by atoms with Crippen LogP contribution < -0.4 is 11.1 Å². The minimum atomic E-state index is -0.118. The first kappa shape index (κ1) is 14.0. The van der Waals surface area contributed by atoms with E-state index in [-0.39, 0.29) is 30.3 Å². The molecule has 0 aromatic heterocycles. The monoisotopic (exact) mass is 241 g/mol. The van der Waals surface area contributed by atoms with E-state index in [9.17, 15) is 9.59 Å². The lowest BCUT2D eigenvalue weighted by molar-refractivity contribution is -0.139. The van der Waals surface area contributed by atoms with Crippen LogP contribution >= 0.6 is 0 Å². The maximum absolute atomic E-state index is 12.1. The van der Waals surface area contributed by atoms with Crippen molar-refractivity contribution >= 4 is 11.8 Å². The molecule has 1 saturated carbocycles. The molecule has 0 aliphatic heterocycles. The van der Waals surface area contributed by atoms with E-state index in [1.54, 1.807) is 7.05 Å². The summed E-state index contributed by atoms with van der Waals surface area (Å²) in [5.74, 6) is -0.223. The molecule has 0 saturated heterocycles. The maximum Gasteiger partial charge on any atom is 0.239 e. The summed E-state index contributed by atoms with van der Waals surface area (Å²) in [4.78, 5) is 25.0. The number of nitrogens with one attached hydrogen (secondary N) is 1. The van der Waals surface area contributed by atoms with Gasteiger partial charge in [-0.15, -0.1) is 0 Å². The predicted octanol–water partition coefficient (Wildman–Crippen LogP) is 0.0984. The summed E-state index contributed by atoms with van der Waals surface area (Å²) in [7, 11) is 1.67. The van der Waals surface area contributed by atoms with Crippen molar-refractivity contribution in [2.24, 2.45) is 11.7 Å². The number of hydrogen-bond donors (Lipinski definition) is 2. The second kappa shape index (κ2) is 6.59. The van der Waals surface area contributed by atoms with Crippen molar-refractivity contribution in [3.63, 3.8) is 0 Å². The van der Waals surface area contributed by atoms with Gasteiger partial charge >= 0.3 is 0 Å². The van der Waals surface area contributed by atoms with Crippen LogP contribution in [0, 0.1) is 5.92 Å². The first-order valence-electron chi connectivity index (χ1n) is 6.33. The lowest BCUT2D eigenvalue weighted by atomic mass is 9.84. The van der Waals surface area contributed by atoms with Crippen LogP contribution in [0.2, 0.25) is 0 Å². The minimum Gasteiger partial charge on any atom is -0.355 e. The third kappa shape index (κ3) is 4.00. The smallest absolute Gasteiger partial charge is 0.239 e. The zero-order valence-corrected chi connectivity index (χ0v) is 10.7. The summed E-state index contributed by atoms with van der Waals surface area (Å²) in [6.45, 7) is 2.57. The van der Waals surface area contributed by atoms with Gasteiger partial charge in [0.05, 0.1) is 12.5 Å². The number of amides is 2. The molecule has 3 N–H and O–H groups in total. The van der Waals surface area contributed by atoms with E-state index in [4.69, 9.17) is 5.73 Å². The van der Waals surface area contributed by atoms with Gasteiger partial charge in [0.25, 0.3) is 0 Å². The quantitative estimate of drug-likeness (QED) is 0.733. The fourth-order valence-corrected chi connectivity index (χ4v) is 2.30. The second-order valence-electron chi connectivity index (χ2n) is 4.70. The molecule has 1 fully saturated rings. The van der Waals surface area contributed by atoms with Gasteiger partial charge in [0, 0.05) is 19.6 Å². The summed E-state index contributed by atoms with van der Waals surface area (Å²) in [6, 6.07) is -0.0482. The van der Waals surface area contributed by atoms with Crippen molar-refractivity contribution in [1.82, 2.24) is 10.2 Å². The van der Waals surface area contributed by atoms with E-state index >= 15 is 0 Å². The third-order valence-electron chi connectivity index (χ3n) is 3.27. The Labute approximate surface area is 103 Å². The molecule has 1 aliphatic rings. The number of carbonyl (C=O) groups excluding carboxylic acids is 2. The molecule has 2 unspecified atom stereocenters. The number of likely N-dealkylation sites (N-methyl/N-ethyl adjacent to an activating group) is 2. The first-order chi connectivity index (χ1) is 8.06. The summed E-state index contributed by atoms with van der Waals surface area (Å²) >= 11 is 0. The summed E-state index contributed by atoms with van der Waals surface area (Å²) in [6.07, 6.45) is 3.91. The fraction of sp³-hybridized carbons (Fsp3) is 0.833. The van der Waals surface area contributed by atoms with Crippen molar-refractivity contribution in [3.8, 4) is 0 Å². The Hall–Kier alpha value is -1.10. The summed E-state index contributed by atoms with van der Waals surface area (Å²) in [5, 5.41) is 2.68. The number of carbonyl (C=O) groups is 2. The molecule has 0 bridgehead atoms. The molecule has 0 aromatic carbocycles. The van der Waals surface area contributed by atoms with Gasteiger partial charge < -0.3 is 16.0 Å². The van der Waals surface area contributed by atoms with E-state index in [1.165, 1.54) is 4.90 Å². The zero-order chi connectivity index (χ0) is 12.8. The Morgan fingerprint density at radius 1 is 1.35 bits per heavy atom. The highest BCUT2D eigenvalue weighted by Gasteiger charge is 2.30. The van der Waals surface area contributed by atoms with Crippen LogP contribution in [-0.4, -0.2) is 42.9 Å². The molecule has 0 spiro atoms. The molecule has 0 aromatic rings. The Balaban J connectivity index is 2.47. The summed E-state index contributed by atoms with van der Waals surface area (Å²) in [5.41, 5.74) is 5.96. The number of nitrogens with zero attached hydrogens (tertiary/aromatic N) is 1. The minimum absolute atomic E-state index is 0.00320. The van der Waals surface area contributed by atoms with E-state index in [0.717, 1.165) is 25.7 Å². The fourth-order valence-electron chi connectivity index (χ4n) is 2.30. The van der Waals surface area contributed by atoms with Gasteiger partial charge in [-0.2, -0.15) is 0 Å². The molecular weight excluding hydrogens is 218 g/mol. The Bertz CT molecular complexity index is 281. The average molecular weight is 241 g/mol. The van der Waals surface area contributed by atoms with Gasteiger partial charge in [-0.25, -0.2) is 0 Å². The van der Waals surface area contributed by atoms with Crippen LogP contribution in [0.15, 0.2) is 0 Å². The van der Waals surface area contributed by atoms with Crippen LogP contribution in [-0.2, 0) is 9.59 Å². The SMILES string of the molecule is CCNC(=O)CN(C)C(=O)C1CCCCC1N. The van der Waals surface area contributed by atoms with Gasteiger partial charge in [0.2, 0.25) is 11.8 Å². The first-order valence-corrected chi connectivity index (χ1v) is 6.33. The van der Waals surface area contributed by atoms with E-state index in [1.807, 2.05) is 6.92 Å². The Morgan fingerprint density at radius 2 is 2.00 bits per heavy atom. The van der Waals surface area contributed by atoms with Gasteiger partial charge in [0.15, 0.2) is 0 Å². The van der Waals surface area contributed by atoms with Crippen LogP contribution in [0.5, 0.6) is 0 Å². The van der Waals surface area contributed by atoms with Crippen molar-refractivity contribution in [2.75, 3.05) is 20.1 Å². The average Bonchev–Trinajstić information content (AvgIpc) is 2.29. The molecule has 1 rings (SSSR count). The molecule has 2 atom stereocenters. The van der Waals surface area contributed by atoms with Crippen molar-refractivity contribution in [3.05, 3.63) is 0 Å².